The molecule has 0 radical (unpaired) electrons. The van der Waals surface area contributed by atoms with Crippen LogP contribution in [0.4, 0.5) is 11.4 Å². The summed E-state index contributed by atoms with van der Waals surface area (Å²) in [5, 5.41) is 3.80. The molecule has 1 aliphatic rings. The van der Waals surface area contributed by atoms with Crippen LogP contribution in [0.1, 0.15) is 49.9 Å². The van der Waals surface area contributed by atoms with E-state index in [1.807, 2.05) is 0 Å². The van der Waals surface area contributed by atoms with Crippen molar-refractivity contribution in [3.8, 4) is 0 Å². The Bertz CT molecular complexity index is 525. The summed E-state index contributed by atoms with van der Waals surface area (Å²) in [5.41, 5.74) is 7.53. The third-order valence-electron chi connectivity index (χ3n) is 4.11. The quantitative estimate of drug-likeness (QED) is 0.635. The van der Waals surface area contributed by atoms with Crippen LogP contribution in [0, 0.1) is 5.41 Å². The number of rotatable bonds is 5. The van der Waals surface area contributed by atoms with Gasteiger partial charge in [-0.3, -0.25) is 0 Å². The van der Waals surface area contributed by atoms with Gasteiger partial charge in [-0.2, -0.15) is 0 Å². The van der Waals surface area contributed by atoms with Gasteiger partial charge in [0.2, 0.25) is 0 Å². The Morgan fingerprint density at radius 3 is 2.71 bits per heavy atom. The van der Waals surface area contributed by atoms with Gasteiger partial charge in [0.05, 0.1) is 22.9 Å². The van der Waals surface area contributed by atoms with Gasteiger partial charge in [-0.25, -0.2) is 4.79 Å². The van der Waals surface area contributed by atoms with E-state index >= 15 is 0 Å². The van der Waals surface area contributed by atoms with E-state index in [1.54, 1.807) is 19.1 Å². The van der Waals surface area contributed by atoms with Crippen LogP contribution >= 0.6 is 11.6 Å². The zero-order chi connectivity index (χ0) is 15.5. The minimum Gasteiger partial charge on any atom is -0.462 e. The highest BCUT2D eigenvalue weighted by Gasteiger charge is 2.29. The summed E-state index contributed by atoms with van der Waals surface area (Å²) in [5.74, 6) is -0.397. The number of esters is 1. The lowest BCUT2D eigenvalue weighted by Gasteiger charge is -2.25. The normalized spacial score (nSPS) is 16.7. The average Bonchev–Trinajstić information content (AvgIpc) is 2.84. The molecule has 116 valence electrons. The summed E-state index contributed by atoms with van der Waals surface area (Å²) in [6.45, 7) is 5.16. The van der Waals surface area contributed by atoms with Crippen molar-refractivity contribution in [2.24, 2.45) is 5.41 Å². The number of nitrogens with one attached hydrogen (secondary N) is 1. The molecule has 0 aliphatic heterocycles. The number of carbonyl (C=O) groups excluding carboxylic acids is 1. The molecule has 0 heterocycles. The second kappa shape index (κ2) is 6.56. The van der Waals surface area contributed by atoms with E-state index in [9.17, 15) is 4.79 Å². The number of nitrogen functional groups attached to an aromatic ring is 1. The fourth-order valence-corrected chi connectivity index (χ4v) is 3.18. The van der Waals surface area contributed by atoms with Gasteiger partial charge < -0.3 is 15.8 Å². The molecule has 1 aromatic carbocycles. The Morgan fingerprint density at radius 2 is 2.10 bits per heavy atom. The zero-order valence-corrected chi connectivity index (χ0v) is 13.4. The highest BCUT2D eigenvalue weighted by molar-refractivity contribution is 6.34. The van der Waals surface area contributed by atoms with Crippen LogP contribution in [-0.2, 0) is 4.74 Å². The van der Waals surface area contributed by atoms with Crippen LogP contribution in [0.15, 0.2) is 12.1 Å². The van der Waals surface area contributed by atoms with Gasteiger partial charge >= 0.3 is 5.97 Å². The van der Waals surface area contributed by atoms with E-state index in [0.29, 0.717) is 28.6 Å². The van der Waals surface area contributed by atoms with E-state index in [0.717, 1.165) is 6.54 Å². The predicted octanol–water partition coefficient (Wildman–Crippen LogP) is 4.09. The molecule has 0 atom stereocenters. The standard InChI is InChI=1S/C16H23ClN2O2/c1-3-21-15(20)12-8-11(18)9-13(17)14(12)19-10-16(2)6-4-5-7-16/h8-9,19H,3-7,10,18H2,1-2H3. The van der Waals surface area contributed by atoms with E-state index in [4.69, 9.17) is 22.1 Å². The van der Waals surface area contributed by atoms with Gasteiger partial charge in [0.1, 0.15) is 0 Å². The Morgan fingerprint density at radius 1 is 1.43 bits per heavy atom. The molecule has 2 rings (SSSR count). The molecule has 4 nitrogen and oxygen atoms in total. The number of carbonyl (C=O) groups is 1. The molecular formula is C16H23ClN2O2. The fourth-order valence-electron chi connectivity index (χ4n) is 2.88. The van der Waals surface area contributed by atoms with Crippen LogP contribution in [0.25, 0.3) is 0 Å². The van der Waals surface area contributed by atoms with E-state index in [-0.39, 0.29) is 5.41 Å². The molecule has 3 N–H and O–H groups in total. The molecule has 0 bridgehead atoms. The largest absolute Gasteiger partial charge is 0.462 e. The molecule has 0 saturated heterocycles. The second-order valence-corrected chi connectivity index (χ2v) is 6.42. The summed E-state index contributed by atoms with van der Waals surface area (Å²) in [7, 11) is 0. The number of anilines is 2. The van der Waals surface area contributed by atoms with Gasteiger partial charge in [-0.05, 0) is 37.3 Å². The van der Waals surface area contributed by atoms with Crippen LogP contribution < -0.4 is 11.1 Å². The van der Waals surface area contributed by atoms with Crippen LogP contribution in [0.5, 0.6) is 0 Å². The highest BCUT2D eigenvalue weighted by atomic mass is 35.5. The molecule has 1 aliphatic carbocycles. The van der Waals surface area contributed by atoms with Gasteiger partial charge in [-0.15, -0.1) is 0 Å². The lowest BCUT2D eigenvalue weighted by molar-refractivity contribution is 0.0527. The maximum absolute atomic E-state index is 12.1. The third kappa shape index (κ3) is 3.82. The number of hydrogen-bond acceptors (Lipinski definition) is 4. The molecule has 0 aromatic heterocycles. The van der Waals surface area contributed by atoms with Crippen molar-refractivity contribution in [3.05, 3.63) is 22.7 Å². The van der Waals surface area contributed by atoms with Crippen LogP contribution in [0.3, 0.4) is 0 Å². The van der Waals surface area contributed by atoms with Crippen LogP contribution in [0.2, 0.25) is 5.02 Å². The predicted molar refractivity (Wildman–Crippen MR) is 86.9 cm³/mol. The summed E-state index contributed by atoms with van der Waals surface area (Å²) >= 11 is 6.26. The summed E-state index contributed by atoms with van der Waals surface area (Å²) in [6.07, 6.45) is 4.92. The van der Waals surface area contributed by atoms with Crippen molar-refractivity contribution in [3.63, 3.8) is 0 Å². The first-order chi connectivity index (χ1) is 9.95. The van der Waals surface area contributed by atoms with Crippen LogP contribution in [-0.4, -0.2) is 19.1 Å². The van der Waals surface area contributed by atoms with Crippen molar-refractivity contribution >= 4 is 28.9 Å². The number of benzene rings is 1. The number of nitrogens with two attached hydrogens (primary N) is 1. The fraction of sp³-hybridized carbons (Fsp3) is 0.562. The lowest BCUT2D eigenvalue weighted by Crippen LogP contribution is -2.24. The minimum absolute atomic E-state index is 0.261. The SMILES string of the molecule is CCOC(=O)c1cc(N)cc(Cl)c1NCC1(C)CCCC1. The Hall–Kier alpha value is -1.42. The molecule has 21 heavy (non-hydrogen) atoms. The Labute approximate surface area is 131 Å². The highest BCUT2D eigenvalue weighted by Crippen LogP contribution is 2.39. The van der Waals surface area contributed by atoms with Gasteiger partial charge in [0, 0.05) is 12.2 Å². The van der Waals surface area contributed by atoms with E-state index in [1.165, 1.54) is 25.7 Å². The average molecular weight is 311 g/mol. The first kappa shape index (κ1) is 16.0. The van der Waals surface area contributed by atoms with Crippen molar-refractivity contribution in [1.29, 1.82) is 0 Å². The first-order valence-corrected chi connectivity index (χ1v) is 7.83. The number of hydrogen-bond donors (Lipinski definition) is 2. The van der Waals surface area contributed by atoms with Crippen molar-refractivity contribution in [2.45, 2.75) is 39.5 Å². The maximum Gasteiger partial charge on any atom is 0.340 e. The summed E-state index contributed by atoms with van der Waals surface area (Å²) < 4.78 is 5.08. The maximum atomic E-state index is 12.1. The van der Waals surface area contributed by atoms with Gasteiger partial charge in [-0.1, -0.05) is 31.4 Å². The number of halogens is 1. The first-order valence-electron chi connectivity index (χ1n) is 7.45. The molecule has 1 saturated carbocycles. The molecule has 0 amide bonds. The molecule has 1 aromatic rings. The van der Waals surface area contributed by atoms with E-state index in [2.05, 4.69) is 12.2 Å². The summed E-state index contributed by atoms with van der Waals surface area (Å²) in [4.78, 5) is 12.1. The zero-order valence-electron chi connectivity index (χ0n) is 12.7. The number of ether oxygens (including phenoxy) is 1. The minimum atomic E-state index is -0.397. The monoisotopic (exact) mass is 310 g/mol. The molecule has 1 fully saturated rings. The van der Waals surface area contributed by atoms with E-state index < -0.39 is 5.97 Å². The molecule has 0 spiro atoms. The summed E-state index contributed by atoms with van der Waals surface area (Å²) in [6, 6.07) is 3.27. The Balaban J connectivity index is 2.22. The topological polar surface area (TPSA) is 64.3 Å². The van der Waals surface area contributed by atoms with Crippen molar-refractivity contribution < 1.29 is 9.53 Å². The van der Waals surface area contributed by atoms with Crippen molar-refractivity contribution in [2.75, 3.05) is 24.2 Å². The molecule has 0 unspecified atom stereocenters. The molecule has 5 heteroatoms. The second-order valence-electron chi connectivity index (χ2n) is 6.02. The third-order valence-corrected chi connectivity index (χ3v) is 4.41. The van der Waals surface area contributed by atoms with Gasteiger partial charge in [0.15, 0.2) is 0 Å². The van der Waals surface area contributed by atoms with Crippen molar-refractivity contribution in [1.82, 2.24) is 0 Å². The lowest BCUT2D eigenvalue weighted by atomic mass is 9.89. The molecular weight excluding hydrogens is 288 g/mol. The Kier molecular flexibility index (Phi) is 4.99. The smallest absolute Gasteiger partial charge is 0.340 e. The van der Waals surface area contributed by atoms with Gasteiger partial charge in [0.25, 0.3) is 0 Å².